The summed E-state index contributed by atoms with van der Waals surface area (Å²) in [6, 6.07) is 0. The second kappa shape index (κ2) is 24.5. The summed E-state index contributed by atoms with van der Waals surface area (Å²) in [6.45, 7) is 3.58. The Morgan fingerprint density at radius 1 is 0.985 bits per heavy atom. The van der Waals surface area contributed by atoms with Gasteiger partial charge >= 0.3 is 23.5 Å². The number of thioether (sulfide) groups is 1. The number of aromatic nitrogens is 4. The lowest BCUT2D eigenvalue weighted by Gasteiger charge is -2.36. The number of nitrogens with two attached hydrogens (primary N) is 1. The molecule has 2 saturated heterocycles. The van der Waals surface area contributed by atoms with Crippen LogP contribution in [0.5, 0.6) is 0 Å². The van der Waals surface area contributed by atoms with E-state index < -0.39 is 121 Å². The normalized spacial score (nSPS) is 26.9. The van der Waals surface area contributed by atoms with E-state index in [1.807, 2.05) is 0 Å². The molecule has 0 aromatic carbocycles. The minimum atomic E-state index is -5.61. The van der Waals surface area contributed by atoms with Gasteiger partial charge in [0.1, 0.15) is 42.4 Å². The number of amides is 2. The molecule has 67 heavy (non-hydrogen) atoms. The van der Waals surface area contributed by atoms with E-state index in [9.17, 15) is 73.2 Å². The van der Waals surface area contributed by atoms with Gasteiger partial charge in [0.2, 0.25) is 11.8 Å². The van der Waals surface area contributed by atoms with Crippen LogP contribution in [0.4, 0.5) is 5.82 Å². The lowest BCUT2D eigenvalue weighted by molar-refractivity contribution is -0.273. The van der Waals surface area contributed by atoms with Crippen LogP contribution in [0.15, 0.2) is 12.7 Å². The van der Waals surface area contributed by atoms with Gasteiger partial charge in [-0.1, -0.05) is 25.6 Å². The summed E-state index contributed by atoms with van der Waals surface area (Å²) in [4.78, 5) is 88.4. The number of nitrogens with one attached hydrogen (secondary N) is 2. The lowest BCUT2D eigenvalue weighted by atomic mass is 9.87. The van der Waals surface area contributed by atoms with Gasteiger partial charge in [-0.3, -0.25) is 32.5 Å². The molecule has 382 valence electrons. The Morgan fingerprint density at radius 3 is 2.36 bits per heavy atom. The number of nitrogen functional groups attached to an aromatic ring is 1. The third kappa shape index (κ3) is 17.6. The minimum absolute atomic E-state index is 0.0166. The van der Waals surface area contributed by atoms with E-state index in [-0.39, 0.29) is 66.6 Å². The van der Waals surface area contributed by atoms with Crippen molar-refractivity contribution >= 4 is 69.1 Å². The number of phosphoric acid groups is 3. The molecule has 2 fully saturated rings. The standard InChI is InChI=1S/C34H58N7O22P3S/c1-17(59-33-21(44)12-20(43)18(2)60-33)5-6-19(42)11-24(46)67-10-9-36-23(45)7-8-37-31(49)28(48)34(3,4)14-58-66(55,56)63-65(53,54)57-13-22-27(62-64(50,51)52)26(47)32(61-22)41-16-40-25-29(35)38-15-39-30(25)41/h15-22,26-28,32-33,42-44,47-48H,5-14H2,1-4H3,(H,36,45)(H,37,49)(H,53,54)(H,55,56)(H2,35,38,39)(H2,50,51,52)/t17-,18+,19+,20-,21-,22-,26-,27-,28+,32-,33-/m1/s1. The van der Waals surface area contributed by atoms with Gasteiger partial charge in [-0.05, 0) is 26.7 Å². The molecule has 2 aliphatic rings. The maximum Gasteiger partial charge on any atom is 0.481 e. The number of fused-ring (bicyclic) bond motifs is 1. The third-order valence-corrected chi connectivity index (χ3v) is 14.1. The molecule has 0 radical (unpaired) electrons. The third-order valence-electron chi connectivity index (χ3n) is 10.1. The summed E-state index contributed by atoms with van der Waals surface area (Å²) < 4.78 is 73.5. The average Bonchev–Trinajstić information content (AvgIpc) is 3.78. The number of carbonyl (C=O) groups excluding carboxylic acids is 3. The van der Waals surface area contributed by atoms with Crippen LogP contribution in [0, 0.1) is 5.41 Å². The predicted octanol–water partition coefficient (Wildman–Crippen LogP) is -1.54. The van der Waals surface area contributed by atoms with Gasteiger partial charge in [0.25, 0.3) is 0 Å². The maximum absolute atomic E-state index is 12.7. The monoisotopic (exact) mass is 1040 g/mol. The fourth-order valence-corrected chi connectivity index (χ4v) is 10.0. The molecule has 2 unspecified atom stereocenters. The van der Waals surface area contributed by atoms with E-state index in [1.165, 1.54) is 13.8 Å². The van der Waals surface area contributed by atoms with Crippen LogP contribution >= 0.6 is 35.2 Å². The number of aliphatic hydroxyl groups is 5. The Balaban J connectivity index is 1.13. The number of hydrogen-bond acceptors (Lipinski definition) is 23. The van der Waals surface area contributed by atoms with Crippen molar-refractivity contribution in [2.75, 3.05) is 37.8 Å². The zero-order valence-electron chi connectivity index (χ0n) is 36.5. The highest BCUT2D eigenvalue weighted by atomic mass is 32.2. The van der Waals surface area contributed by atoms with Gasteiger partial charge in [0, 0.05) is 43.5 Å². The minimum Gasteiger partial charge on any atom is -0.393 e. The van der Waals surface area contributed by atoms with E-state index in [0.29, 0.717) is 6.42 Å². The molecule has 4 heterocycles. The zero-order chi connectivity index (χ0) is 50.1. The largest absolute Gasteiger partial charge is 0.481 e. The molecule has 4 rings (SSSR count). The van der Waals surface area contributed by atoms with Crippen molar-refractivity contribution in [3.05, 3.63) is 12.7 Å². The number of aliphatic hydroxyl groups excluding tert-OH is 5. The lowest BCUT2D eigenvalue weighted by Crippen LogP contribution is -2.48. The number of rotatable bonds is 26. The molecule has 2 amide bonds. The van der Waals surface area contributed by atoms with Gasteiger partial charge in [-0.25, -0.2) is 28.6 Å². The van der Waals surface area contributed by atoms with Crippen LogP contribution in [-0.2, 0) is 60.2 Å². The quantitative estimate of drug-likeness (QED) is 0.0375. The first kappa shape index (κ1) is 56.9. The molecule has 13 N–H and O–H groups in total. The number of hydrogen-bond donors (Lipinski definition) is 12. The topological polar surface area (TPSA) is 443 Å². The summed E-state index contributed by atoms with van der Waals surface area (Å²) in [7, 11) is -16.5. The molecule has 2 aliphatic heterocycles. The Hall–Kier alpha value is -2.64. The second-order valence-corrected chi connectivity index (χ2v) is 21.6. The van der Waals surface area contributed by atoms with Crippen LogP contribution in [0.1, 0.15) is 66.0 Å². The summed E-state index contributed by atoms with van der Waals surface area (Å²) in [5.41, 5.74) is 4.20. The van der Waals surface area contributed by atoms with E-state index in [1.54, 1.807) is 13.8 Å². The fraction of sp³-hybridized carbons (Fsp3) is 0.765. The predicted molar refractivity (Wildman–Crippen MR) is 228 cm³/mol. The first-order valence-corrected chi connectivity index (χ1v) is 26.0. The highest BCUT2D eigenvalue weighted by Crippen LogP contribution is 2.61. The van der Waals surface area contributed by atoms with Crippen molar-refractivity contribution in [3.8, 4) is 0 Å². The van der Waals surface area contributed by atoms with Crippen molar-refractivity contribution in [2.24, 2.45) is 5.41 Å². The van der Waals surface area contributed by atoms with Gasteiger partial charge in [-0.2, -0.15) is 4.31 Å². The summed E-state index contributed by atoms with van der Waals surface area (Å²) >= 11 is 0.894. The molecule has 2 aromatic heterocycles. The average molecular weight is 1040 g/mol. The molecule has 2 aromatic rings. The van der Waals surface area contributed by atoms with E-state index >= 15 is 0 Å². The van der Waals surface area contributed by atoms with Crippen LogP contribution in [-0.4, -0.2) is 175 Å². The Kier molecular flexibility index (Phi) is 20.8. The Morgan fingerprint density at radius 2 is 1.67 bits per heavy atom. The van der Waals surface area contributed by atoms with Crippen molar-refractivity contribution in [2.45, 2.75) is 127 Å². The summed E-state index contributed by atoms with van der Waals surface area (Å²) in [5.74, 6) is -1.41. The first-order valence-electron chi connectivity index (χ1n) is 20.5. The smallest absolute Gasteiger partial charge is 0.393 e. The second-order valence-electron chi connectivity index (χ2n) is 16.3. The number of nitrogens with zero attached hydrogens (tertiary/aromatic N) is 4. The molecule has 0 spiro atoms. The number of phosphoric ester groups is 3. The van der Waals surface area contributed by atoms with Crippen molar-refractivity contribution in [1.29, 1.82) is 0 Å². The number of imidazole rings is 1. The number of carbonyl (C=O) groups is 3. The van der Waals surface area contributed by atoms with Gasteiger partial charge in [0.05, 0.1) is 44.0 Å². The maximum atomic E-state index is 12.7. The molecular formula is C34H58N7O22P3S. The van der Waals surface area contributed by atoms with Crippen LogP contribution in [0.25, 0.3) is 11.2 Å². The molecule has 29 nitrogen and oxygen atoms in total. The van der Waals surface area contributed by atoms with Crippen LogP contribution in [0.3, 0.4) is 0 Å². The van der Waals surface area contributed by atoms with Gasteiger partial charge in [0.15, 0.2) is 29.1 Å². The Labute approximate surface area is 386 Å². The molecule has 13 atom stereocenters. The zero-order valence-corrected chi connectivity index (χ0v) is 40.0. The summed E-state index contributed by atoms with van der Waals surface area (Å²) in [6.07, 6.45) is -11.2. The van der Waals surface area contributed by atoms with Gasteiger partial charge in [-0.15, -0.1) is 0 Å². The highest BCUT2D eigenvalue weighted by Gasteiger charge is 2.50. The van der Waals surface area contributed by atoms with E-state index in [2.05, 4.69) is 34.4 Å². The molecule has 0 saturated carbocycles. The van der Waals surface area contributed by atoms with Crippen molar-refractivity contribution < 1.29 is 105 Å². The summed E-state index contributed by atoms with van der Waals surface area (Å²) in [5, 5.41) is 56.3. The number of ether oxygens (including phenoxy) is 3. The van der Waals surface area contributed by atoms with Crippen molar-refractivity contribution in [1.82, 2.24) is 30.2 Å². The fourth-order valence-electron chi connectivity index (χ4n) is 6.44. The molecule has 33 heteroatoms. The van der Waals surface area contributed by atoms with E-state index in [4.69, 9.17) is 29.0 Å². The van der Waals surface area contributed by atoms with E-state index in [0.717, 1.165) is 29.0 Å². The molecular weight excluding hydrogens is 983 g/mol. The molecule has 0 aliphatic carbocycles. The first-order chi connectivity index (χ1) is 31.1. The van der Waals surface area contributed by atoms with Crippen LogP contribution in [0.2, 0.25) is 0 Å². The highest BCUT2D eigenvalue weighted by molar-refractivity contribution is 8.13. The van der Waals surface area contributed by atoms with Crippen LogP contribution < -0.4 is 16.4 Å². The van der Waals surface area contributed by atoms with Gasteiger partial charge < -0.3 is 75.7 Å². The number of anilines is 1. The van der Waals surface area contributed by atoms with Crippen molar-refractivity contribution in [3.63, 3.8) is 0 Å². The molecule has 0 bridgehead atoms. The Bertz CT molecular complexity index is 2140. The SMILES string of the molecule is C[C@H](CC[C@H](O)CC(=O)SCCNC(=O)CCNC(=O)[C@H](O)C(C)(C)COP(=O)(O)OP(=O)(O)OC[C@H]1O[C@@H](n2cnc3c(N)ncnc32)[C@H](O)[C@@H]1OP(=O)(O)O)O[C@@H]1O[C@@H](C)[C@H](O)C[C@H]1O.